The summed E-state index contributed by atoms with van der Waals surface area (Å²) in [4.78, 5) is 0. The van der Waals surface area contributed by atoms with E-state index >= 15 is 0 Å². The van der Waals surface area contributed by atoms with Crippen molar-refractivity contribution in [3.63, 3.8) is 0 Å². The van der Waals surface area contributed by atoms with Crippen LogP contribution in [0, 0.1) is 0 Å². The third-order valence-electron chi connectivity index (χ3n) is 3.94. The zero-order valence-corrected chi connectivity index (χ0v) is 13.8. The Balaban J connectivity index is 2.32. The van der Waals surface area contributed by atoms with Crippen LogP contribution in [0.15, 0.2) is 36.4 Å². The highest BCUT2D eigenvalue weighted by atomic mass is 16.5. The first kappa shape index (κ1) is 18.3. The van der Waals surface area contributed by atoms with E-state index in [1.54, 1.807) is 0 Å². The van der Waals surface area contributed by atoms with Crippen molar-refractivity contribution in [2.24, 2.45) is 0 Å². The van der Waals surface area contributed by atoms with Crippen LogP contribution in [0.5, 0.6) is 11.5 Å². The van der Waals surface area contributed by atoms with E-state index in [0.717, 1.165) is 16.7 Å². The van der Waals surface area contributed by atoms with Gasteiger partial charge < -0.3 is 25.2 Å². The Hall–Kier alpha value is -2.08. The van der Waals surface area contributed by atoms with Crippen LogP contribution in [0.2, 0.25) is 0 Å². The molecule has 0 aromatic heterocycles. The maximum atomic E-state index is 10.4. The molecule has 0 saturated carbocycles. The van der Waals surface area contributed by atoms with Crippen LogP contribution >= 0.6 is 0 Å². The second-order valence-electron chi connectivity index (χ2n) is 5.63. The fourth-order valence-corrected chi connectivity index (χ4v) is 2.79. The average molecular weight is 332 g/mol. The third-order valence-corrected chi connectivity index (χ3v) is 3.94. The zero-order valence-electron chi connectivity index (χ0n) is 13.8. The monoisotopic (exact) mass is 332 g/mol. The molecule has 5 heteroatoms. The first-order valence-corrected chi connectivity index (χ1v) is 8.07. The highest BCUT2D eigenvalue weighted by Gasteiger charge is 2.18. The molecule has 1 unspecified atom stereocenters. The normalized spacial score (nSPS) is 12.3. The van der Waals surface area contributed by atoms with Gasteiger partial charge >= 0.3 is 0 Å². The predicted molar refractivity (Wildman–Crippen MR) is 92.2 cm³/mol. The molecule has 1 atom stereocenters. The molecule has 0 heterocycles. The van der Waals surface area contributed by atoms with Crippen LogP contribution in [0.25, 0.3) is 11.1 Å². The van der Waals surface area contributed by atoms with E-state index in [2.05, 4.69) is 0 Å². The molecule has 24 heavy (non-hydrogen) atoms. The van der Waals surface area contributed by atoms with Gasteiger partial charge in [-0.15, -0.1) is 0 Å². The van der Waals surface area contributed by atoms with Gasteiger partial charge in [0.1, 0.15) is 17.6 Å². The molecule has 0 aliphatic heterocycles. The quantitative estimate of drug-likeness (QED) is 0.557. The molecular weight excluding hydrogens is 308 g/mol. The largest absolute Gasteiger partial charge is 0.508 e. The molecule has 2 rings (SSSR count). The number of phenolic OH excluding ortho intramolecular Hbond substituents is 2. The van der Waals surface area contributed by atoms with Crippen LogP contribution in [0.4, 0.5) is 0 Å². The van der Waals surface area contributed by atoms with Gasteiger partial charge in [0.25, 0.3) is 0 Å². The van der Waals surface area contributed by atoms with Crippen molar-refractivity contribution in [2.45, 2.75) is 25.9 Å². The standard InChI is InChI=1S/C19H24O5/c1-2-15-16(8-9-24-12-14(21)11-20)19(18(23)10-17(15)22)13-6-4-3-5-7-13/h3-7,10,14,20-23H,2,8-9,11-12H2,1H3. The first-order valence-electron chi connectivity index (χ1n) is 8.07. The maximum Gasteiger partial charge on any atom is 0.127 e. The minimum Gasteiger partial charge on any atom is -0.508 e. The summed E-state index contributed by atoms with van der Waals surface area (Å²) in [6, 6.07) is 10.9. The molecule has 2 aromatic carbocycles. The summed E-state index contributed by atoms with van der Waals surface area (Å²) in [6.45, 7) is 1.96. The number of hydrogen-bond acceptors (Lipinski definition) is 5. The number of aliphatic hydroxyl groups is 2. The molecule has 5 nitrogen and oxygen atoms in total. The van der Waals surface area contributed by atoms with Crippen molar-refractivity contribution in [3.8, 4) is 22.6 Å². The highest BCUT2D eigenvalue weighted by molar-refractivity contribution is 5.76. The Morgan fingerprint density at radius 2 is 1.75 bits per heavy atom. The van der Waals surface area contributed by atoms with Crippen molar-refractivity contribution in [2.75, 3.05) is 19.8 Å². The number of aromatic hydroxyl groups is 2. The summed E-state index contributed by atoms with van der Waals surface area (Å²) in [6.07, 6.45) is 0.204. The van der Waals surface area contributed by atoms with Crippen LogP contribution in [-0.4, -0.2) is 46.4 Å². The van der Waals surface area contributed by atoms with Crippen LogP contribution < -0.4 is 0 Å². The summed E-state index contributed by atoms with van der Waals surface area (Å²) in [7, 11) is 0. The lowest BCUT2D eigenvalue weighted by molar-refractivity contribution is 0.00720. The minimum absolute atomic E-state index is 0.0290. The lowest BCUT2D eigenvalue weighted by atomic mass is 9.91. The van der Waals surface area contributed by atoms with Crippen molar-refractivity contribution in [1.82, 2.24) is 0 Å². The maximum absolute atomic E-state index is 10.4. The number of ether oxygens (including phenoxy) is 1. The number of benzene rings is 2. The second kappa shape index (κ2) is 8.68. The minimum atomic E-state index is -0.901. The number of phenols is 2. The molecule has 0 aliphatic rings. The van der Waals surface area contributed by atoms with Gasteiger partial charge in [-0.2, -0.15) is 0 Å². The van der Waals surface area contributed by atoms with Crippen molar-refractivity contribution in [3.05, 3.63) is 47.5 Å². The van der Waals surface area contributed by atoms with Gasteiger partial charge in [-0.1, -0.05) is 37.3 Å². The Morgan fingerprint density at radius 1 is 1.04 bits per heavy atom. The van der Waals surface area contributed by atoms with Gasteiger partial charge in [0.15, 0.2) is 0 Å². The highest BCUT2D eigenvalue weighted by Crippen LogP contribution is 2.39. The summed E-state index contributed by atoms with van der Waals surface area (Å²) < 4.78 is 5.39. The van der Waals surface area contributed by atoms with Gasteiger partial charge in [0.2, 0.25) is 0 Å². The molecule has 0 fully saturated rings. The van der Waals surface area contributed by atoms with Gasteiger partial charge in [-0.3, -0.25) is 0 Å². The number of aliphatic hydroxyl groups excluding tert-OH is 2. The molecule has 0 saturated heterocycles. The molecule has 2 aromatic rings. The lowest BCUT2D eigenvalue weighted by Gasteiger charge is -2.18. The Morgan fingerprint density at radius 3 is 2.38 bits per heavy atom. The number of hydrogen-bond donors (Lipinski definition) is 4. The van der Waals surface area contributed by atoms with E-state index in [9.17, 15) is 15.3 Å². The number of rotatable bonds is 8. The fraction of sp³-hybridized carbons (Fsp3) is 0.368. The zero-order chi connectivity index (χ0) is 17.5. The second-order valence-corrected chi connectivity index (χ2v) is 5.63. The Labute approximate surface area is 141 Å². The summed E-state index contributed by atoms with van der Waals surface area (Å²) in [5.41, 5.74) is 3.17. The van der Waals surface area contributed by atoms with Gasteiger partial charge in [0.05, 0.1) is 19.8 Å². The van der Waals surface area contributed by atoms with E-state index in [0.29, 0.717) is 25.0 Å². The topological polar surface area (TPSA) is 90.2 Å². The molecule has 0 bridgehead atoms. The van der Waals surface area contributed by atoms with Crippen molar-refractivity contribution >= 4 is 0 Å². The average Bonchev–Trinajstić information content (AvgIpc) is 2.59. The lowest BCUT2D eigenvalue weighted by Crippen LogP contribution is -2.20. The molecular formula is C19H24O5. The summed E-state index contributed by atoms with van der Waals surface area (Å²) >= 11 is 0. The van der Waals surface area contributed by atoms with Gasteiger partial charge in [0, 0.05) is 11.6 Å². The molecule has 0 aliphatic carbocycles. The first-order chi connectivity index (χ1) is 11.6. The Kier molecular flexibility index (Phi) is 6.61. The van der Waals surface area contributed by atoms with Crippen molar-refractivity contribution in [1.29, 1.82) is 0 Å². The van der Waals surface area contributed by atoms with E-state index in [1.165, 1.54) is 6.07 Å². The van der Waals surface area contributed by atoms with E-state index in [1.807, 2.05) is 37.3 Å². The molecule has 130 valence electrons. The van der Waals surface area contributed by atoms with E-state index < -0.39 is 6.10 Å². The SMILES string of the molecule is CCc1c(O)cc(O)c(-c2ccccc2)c1CCOCC(O)CO. The summed E-state index contributed by atoms with van der Waals surface area (Å²) in [5, 5.41) is 38.6. The smallest absolute Gasteiger partial charge is 0.127 e. The predicted octanol–water partition coefficient (Wildman–Crippen LogP) is 2.24. The van der Waals surface area contributed by atoms with Crippen LogP contribution in [0.1, 0.15) is 18.1 Å². The van der Waals surface area contributed by atoms with Gasteiger partial charge in [-0.25, -0.2) is 0 Å². The van der Waals surface area contributed by atoms with Crippen LogP contribution in [0.3, 0.4) is 0 Å². The molecule has 0 radical (unpaired) electrons. The van der Waals surface area contributed by atoms with Gasteiger partial charge in [-0.05, 0) is 29.5 Å². The molecule has 0 amide bonds. The summed E-state index contributed by atoms with van der Waals surface area (Å²) in [5.74, 6) is 0.0985. The van der Waals surface area contributed by atoms with Crippen molar-refractivity contribution < 1.29 is 25.2 Å². The Bertz CT molecular complexity index is 655. The van der Waals surface area contributed by atoms with Crippen LogP contribution in [-0.2, 0) is 17.6 Å². The van der Waals surface area contributed by atoms with E-state index in [-0.39, 0.29) is 24.7 Å². The molecule has 4 N–H and O–H groups in total. The molecule has 0 spiro atoms. The third kappa shape index (κ3) is 4.26. The van der Waals surface area contributed by atoms with E-state index in [4.69, 9.17) is 9.84 Å². The fourth-order valence-electron chi connectivity index (χ4n) is 2.79.